The monoisotopic (exact) mass is 478 g/mol. The first kappa shape index (κ1) is 20.4. The lowest BCUT2D eigenvalue weighted by Gasteiger charge is -2.36. The van der Waals surface area contributed by atoms with Crippen molar-refractivity contribution >= 4 is 61.9 Å². The molecule has 1 aromatic heterocycles. The fourth-order valence-corrected chi connectivity index (χ4v) is 3.52. The zero-order valence-corrected chi connectivity index (χ0v) is 18.1. The summed E-state index contributed by atoms with van der Waals surface area (Å²) in [4.78, 5) is 24.0. The maximum Gasteiger partial charge on any atom is 0.410 e. The zero-order chi connectivity index (χ0) is 19.9. The lowest BCUT2D eigenvalue weighted by molar-refractivity contribution is 0.0240. The summed E-state index contributed by atoms with van der Waals surface area (Å²) in [5, 5.41) is 0.182. The van der Waals surface area contributed by atoms with Crippen LogP contribution in [0.5, 0.6) is 0 Å². The number of anilines is 1. The molecule has 0 radical (unpaired) electrons. The standard InChI is InChI=1S/C17H18BrCl2FN4O2/c1-17(2,3)27-16(26)25-6-4-24(5-7-25)14-11-10(22-15(20)23-14)8-9(18)12(19)13(11)21/h8H,4-7H2,1-3H3. The average molecular weight is 480 g/mol. The topological polar surface area (TPSA) is 58.6 Å². The number of benzene rings is 1. The van der Waals surface area contributed by atoms with E-state index in [1.807, 2.05) is 25.7 Å². The Hall–Kier alpha value is -1.38. The minimum absolute atomic E-state index is 0.0145. The molecule has 1 fully saturated rings. The molecule has 1 aromatic carbocycles. The normalized spacial score (nSPS) is 15.4. The summed E-state index contributed by atoms with van der Waals surface area (Å²) in [5.74, 6) is -0.247. The summed E-state index contributed by atoms with van der Waals surface area (Å²) in [6.45, 7) is 7.21. The fraction of sp³-hybridized carbons (Fsp3) is 0.471. The maximum absolute atomic E-state index is 14.8. The highest BCUT2D eigenvalue weighted by atomic mass is 79.9. The largest absolute Gasteiger partial charge is 0.444 e. The molecule has 146 valence electrons. The summed E-state index contributed by atoms with van der Waals surface area (Å²) < 4.78 is 20.6. The fourth-order valence-electron chi connectivity index (χ4n) is 2.81. The minimum Gasteiger partial charge on any atom is -0.444 e. The van der Waals surface area contributed by atoms with Crippen molar-refractivity contribution in [1.82, 2.24) is 14.9 Å². The molecular weight excluding hydrogens is 462 g/mol. The van der Waals surface area contributed by atoms with E-state index in [0.717, 1.165) is 0 Å². The van der Waals surface area contributed by atoms with Crippen molar-refractivity contribution in [3.63, 3.8) is 0 Å². The van der Waals surface area contributed by atoms with E-state index in [1.54, 1.807) is 11.0 Å². The van der Waals surface area contributed by atoms with Crippen LogP contribution in [0.15, 0.2) is 10.5 Å². The Bertz CT molecular complexity index is 899. The molecule has 0 spiro atoms. The van der Waals surface area contributed by atoms with E-state index in [2.05, 4.69) is 25.9 Å². The molecule has 1 saturated heterocycles. The van der Waals surface area contributed by atoms with Gasteiger partial charge in [0.2, 0.25) is 5.28 Å². The van der Waals surface area contributed by atoms with Crippen LogP contribution in [-0.2, 0) is 4.74 Å². The van der Waals surface area contributed by atoms with Gasteiger partial charge in [-0.3, -0.25) is 0 Å². The van der Waals surface area contributed by atoms with E-state index < -0.39 is 11.4 Å². The van der Waals surface area contributed by atoms with Gasteiger partial charge in [-0.1, -0.05) is 11.6 Å². The molecule has 0 N–H and O–H groups in total. The van der Waals surface area contributed by atoms with E-state index in [9.17, 15) is 9.18 Å². The summed E-state index contributed by atoms with van der Waals surface area (Å²) in [6, 6.07) is 1.61. The lowest BCUT2D eigenvalue weighted by atomic mass is 10.2. The van der Waals surface area contributed by atoms with Gasteiger partial charge in [-0.2, -0.15) is 4.98 Å². The van der Waals surface area contributed by atoms with Crippen LogP contribution in [0.3, 0.4) is 0 Å². The molecule has 27 heavy (non-hydrogen) atoms. The van der Waals surface area contributed by atoms with Crippen LogP contribution in [0.4, 0.5) is 15.0 Å². The third kappa shape index (κ3) is 4.38. The van der Waals surface area contributed by atoms with Crippen LogP contribution >= 0.6 is 39.1 Å². The molecule has 0 bridgehead atoms. The molecule has 0 atom stereocenters. The second kappa shape index (κ2) is 7.56. The Labute approximate surface area is 174 Å². The molecule has 6 nitrogen and oxygen atoms in total. The van der Waals surface area contributed by atoms with Gasteiger partial charge in [0, 0.05) is 30.7 Å². The van der Waals surface area contributed by atoms with Crippen LogP contribution in [0.2, 0.25) is 10.3 Å². The Morgan fingerprint density at radius 2 is 1.85 bits per heavy atom. The Morgan fingerprint density at radius 3 is 2.44 bits per heavy atom. The number of fused-ring (bicyclic) bond motifs is 1. The number of carbonyl (C=O) groups excluding carboxylic acids is 1. The molecule has 1 amide bonds. The third-order valence-electron chi connectivity index (χ3n) is 4.01. The molecule has 1 aliphatic rings. The van der Waals surface area contributed by atoms with Gasteiger partial charge in [-0.25, -0.2) is 14.2 Å². The van der Waals surface area contributed by atoms with Gasteiger partial charge in [-0.05, 0) is 54.4 Å². The Balaban J connectivity index is 1.87. The van der Waals surface area contributed by atoms with Crippen molar-refractivity contribution in [3.8, 4) is 0 Å². The van der Waals surface area contributed by atoms with Gasteiger partial charge in [0.15, 0.2) is 5.82 Å². The smallest absolute Gasteiger partial charge is 0.410 e. The maximum atomic E-state index is 14.8. The summed E-state index contributed by atoms with van der Waals surface area (Å²) >= 11 is 15.3. The first-order valence-corrected chi connectivity index (χ1v) is 9.85. The van der Waals surface area contributed by atoms with Crippen LogP contribution in [0.1, 0.15) is 20.8 Å². The number of ether oxygens (including phenoxy) is 1. The van der Waals surface area contributed by atoms with Crippen molar-refractivity contribution < 1.29 is 13.9 Å². The van der Waals surface area contributed by atoms with Gasteiger partial charge in [-0.15, -0.1) is 0 Å². The second-order valence-electron chi connectivity index (χ2n) is 7.15. The number of aromatic nitrogens is 2. The third-order valence-corrected chi connectivity index (χ3v) is 5.40. The highest BCUT2D eigenvalue weighted by Gasteiger charge is 2.28. The number of hydrogen-bond acceptors (Lipinski definition) is 5. The molecule has 0 saturated carbocycles. The zero-order valence-electron chi connectivity index (χ0n) is 15.0. The summed E-state index contributed by atoms with van der Waals surface area (Å²) in [7, 11) is 0. The number of nitrogens with zero attached hydrogens (tertiary/aromatic N) is 4. The summed E-state index contributed by atoms with van der Waals surface area (Å²) in [5.41, 5.74) is -0.203. The Morgan fingerprint density at radius 1 is 1.22 bits per heavy atom. The molecule has 1 aliphatic heterocycles. The van der Waals surface area contributed by atoms with E-state index in [-0.39, 0.29) is 21.8 Å². The lowest BCUT2D eigenvalue weighted by Crippen LogP contribution is -2.50. The van der Waals surface area contributed by atoms with E-state index in [1.165, 1.54) is 0 Å². The van der Waals surface area contributed by atoms with Crippen molar-refractivity contribution in [2.75, 3.05) is 31.1 Å². The number of hydrogen-bond donors (Lipinski definition) is 0. The number of piperazine rings is 1. The van der Waals surface area contributed by atoms with E-state index >= 15 is 0 Å². The number of halogens is 4. The van der Waals surface area contributed by atoms with Crippen molar-refractivity contribution in [1.29, 1.82) is 0 Å². The predicted molar refractivity (Wildman–Crippen MR) is 107 cm³/mol. The van der Waals surface area contributed by atoms with E-state index in [4.69, 9.17) is 27.9 Å². The first-order valence-electron chi connectivity index (χ1n) is 8.30. The quantitative estimate of drug-likeness (QED) is 0.430. The minimum atomic E-state index is -0.609. The molecule has 0 unspecified atom stereocenters. The molecule has 3 rings (SSSR count). The van der Waals surface area contributed by atoms with Crippen molar-refractivity contribution in [2.45, 2.75) is 26.4 Å². The molecule has 10 heteroatoms. The summed E-state index contributed by atoms with van der Waals surface area (Å²) in [6.07, 6.45) is -0.370. The van der Waals surface area contributed by atoms with E-state index in [0.29, 0.717) is 42.0 Å². The van der Waals surface area contributed by atoms with Gasteiger partial charge in [0.05, 0.1) is 15.9 Å². The van der Waals surface area contributed by atoms with Gasteiger partial charge in [0.1, 0.15) is 11.4 Å². The van der Waals surface area contributed by atoms with Crippen LogP contribution in [-0.4, -0.2) is 52.7 Å². The van der Waals surface area contributed by atoms with Gasteiger partial charge < -0.3 is 14.5 Å². The van der Waals surface area contributed by atoms with Gasteiger partial charge in [0.25, 0.3) is 0 Å². The average Bonchev–Trinajstić information content (AvgIpc) is 2.57. The van der Waals surface area contributed by atoms with Crippen LogP contribution in [0, 0.1) is 5.82 Å². The second-order valence-corrected chi connectivity index (χ2v) is 8.72. The van der Waals surface area contributed by atoms with Crippen molar-refractivity contribution in [2.24, 2.45) is 0 Å². The predicted octanol–water partition coefficient (Wildman–Crippen LogP) is 4.90. The van der Waals surface area contributed by atoms with Crippen LogP contribution in [0.25, 0.3) is 10.9 Å². The molecule has 0 aliphatic carbocycles. The van der Waals surface area contributed by atoms with Crippen LogP contribution < -0.4 is 4.90 Å². The Kier molecular flexibility index (Phi) is 5.70. The number of carbonyl (C=O) groups is 1. The molecule has 2 heterocycles. The highest BCUT2D eigenvalue weighted by molar-refractivity contribution is 9.10. The molecule has 2 aromatic rings. The van der Waals surface area contributed by atoms with Gasteiger partial charge >= 0.3 is 6.09 Å². The SMILES string of the molecule is CC(C)(C)OC(=O)N1CCN(c2nc(Cl)nc3cc(Br)c(Cl)c(F)c23)CC1. The first-order chi connectivity index (χ1) is 12.6. The highest BCUT2D eigenvalue weighted by Crippen LogP contribution is 2.36. The van der Waals surface area contributed by atoms with Crippen molar-refractivity contribution in [3.05, 3.63) is 26.7 Å². The molecular formula is C17H18BrCl2FN4O2. The number of amides is 1. The number of rotatable bonds is 1.